The van der Waals surface area contributed by atoms with E-state index in [2.05, 4.69) is 42.2 Å². The van der Waals surface area contributed by atoms with Crippen molar-refractivity contribution in [2.45, 2.75) is 20.3 Å². The van der Waals surface area contributed by atoms with Crippen molar-refractivity contribution in [1.82, 2.24) is 14.8 Å². The Hall–Kier alpha value is -1.38. The first-order valence-corrected chi connectivity index (χ1v) is 4.91. The minimum atomic E-state index is 0.245. The molecule has 2 aliphatic rings. The van der Waals surface area contributed by atoms with Gasteiger partial charge < -0.3 is 0 Å². The second kappa shape index (κ2) is 2.16. The van der Waals surface area contributed by atoms with Crippen LogP contribution < -0.4 is 0 Å². The molecule has 1 spiro atoms. The van der Waals surface area contributed by atoms with Crippen molar-refractivity contribution in [3.05, 3.63) is 24.3 Å². The van der Waals surface area contributed by atoms with E-state index in [4.69, 9.17) is 0 Å². The van der Waals surface area contributed by atoms with Gasteiger partial charge in [0.2, 0.25) is 0 Å². The van der Waals surface area contributed by atoms with Gasteiger partial charge in [-0.25, -0.2) is 9.67 Å². The second-order valence-corrected chi connectivity index (χ2v) is 4.81. The summed E-state index contributed by atoms with van der Waals surface area (Å²) in [6, 6.07) is 0. The molecule has 1 saturated carbocycles. The zero-order valence-corrected chi connectivity index (χ0v) is 8.44. The lowest BCUT2D eigenvalue weighted by Crippen LogP contribution is -2.00. The van der Waals surface area contributed by atoms with Gasteiger partial charge >= 0.3 is 0 Å². The quantitative estimate of drug-likeness (QED) is 0.623. The van der Waals surface area contributed by atoms with E-state index in [9.17, 15) is 0 Å². The van der Waals surface area contributed by atoms with Crippen LogP contribution in [0.15, 0.2) is 18.5 Å². The standard InChI is InChI=1S/C11H13N3/c1-10(2)7-11(10)4-3-9-12-8-13-14(9)6-5-11/h3-6,8H,7H2,1-2H3. The molecule has 1 atom stereocenters. The Morgan fingerprint density at radius 3 is 2.86 bits per heavy atom. The molecule has 14 heavy (non-hydrogen) atoms. The fraction of sp³-hybridized carbons (Fsp3) is 0.455. The lowest BCUT2D eigenvalue weighted by molar-refractivity contribution is 0.545. The number of fused-ring (bicyclic) bond motifs is 1. The average molecular weight is 187 g/mol. The SMILES string of the molecule is CC1(C)CC12C=Cc1ncnn1C=C2. The van der Waals surface area contributed by atoms with E-state index in [0.29, 0.717) is 5.41 Å². The van der Waals surface area contributed by atoms with Crippen LogP contribution in [0.2, 0.25) is 0 Å². The second-order valence-electron chi connectivity index (χ2n) is 4.81. The van der Waals surface area contributed by atoms with Gasteiger partial charge in [-0.05, 0) is 17.9 Å². The number of allylic oxidation sites excluding steroid dienone is 2. The van der Waals surface area contributed by atoms with Gasteiger partial charge in [-0.3, -0.25) is 0 Å². The minimum Gasteiger partial charge on any atom is -0.221 e. The summed E-state index contributed by atoms with van der Waals surface area (Å²) in [5.74, 6) is 0.917. The summed E-state index contributed by atoms with van der Waals surface area (Å²) in [4.78, 5) is 4.17. The highest BCUT2D eigenvalue weighted by Crippen LogP contribution is 2.65. The molecule has 0 bridgehead atoms. The summed E-state index contributed by atoms with van der Waals surface area (Å²) < 4.78 is 1.82. The van der Waals surface area contributed by atoms with Crippen LogP contribution >= 0.6 is 0 Å². The highest BCUT2D eigenvalue weighted by molar-refractivity contribution is 5.53. The molecule has 72 valence electrons. The first kappa shape index (κ1) is 7.97. The molecule has 1 aromatic heterocycles. The Balaban J connectivity index is 2.06. The zero-order valence-electron chi connectivity index (χ0n) is 8.44. The lowest BCUT2D eigenvalue weighted by atomic mass is 9.95. The highest BCUT2D eigenvalue weighted by Gasteiger charge is 2.57. The first-order chi connectivity index (χ1) is 6.63. The monoisotopic (exact) mass is 187 g/mol. The molecular formula is C11H13N3. The molecule has 1 aliphatic carbocycles. The van der Waals surface area contributed by atoms with E-state index in [0.717, 1.165) is 5.82 Å². The van der Waals surface area contributed by atoms with E-state index < -0.39 is 0 Å². The summed E-state index contributed by atoms with van der Waals surface area (Å²) in [7, 11) is 0. The predicted molar refractivity (Wildman–Crippen MR) is 55.2 cm³/mol. The summed E-state index contributed by atoms with van der Waals surface area (Å²) in [6.45, 7) is 4.59. The summed E-state index contributed by atoms with van der Waals surface area (Å²) in [5, 5.41) is 4.13. The van der Waals surface area contributed by atoms with E-state index in [1.54, 1.807) is 6.33 Å². The molecule has 3 nitrogen and oxygen atoms in total. The molecule has 1 unspecified atom stereocenters. The van der Waals surface area contributed by atoms with Crippen LogP contribution in [0.3, 0.4) is 0 Å². The van der Waals surface area contributed by atoms with Crippen LogP contribution in [0.25, 0.3) is 12.3 Å². The van der Waals surface area contributed by atoms with Gasteiger partial charge in [0.25, 0.3) is 0 Å². The largest absolute Gasteiger partial charge is 0.221 e. The predicted octanol–water partition coefficient (Wildman–Crippen LogP) is 2.19. The molecule has 0 aromatic carbocycles. The average Bonchev–Trinajstić information content (AvgIpc) is 2.53. The Kier molecular flexibility index (Phi) is 1.23. The lowest BCUT2D eigenvalue weighted by Gasteiger charge is -2.08. The molecule has 3 heteroatoms. The van der Waals surface area contributed by atoms with Crippen molar-refractivity contribution in [1.29, 1.82) is 0 Å². The van der Waals surface area contributed by atoms with Crippen molar-refractivity contribution >= 4 is 12.3 Å². The molecule has 0 radical (unpaired) electrons. The van der Waals surface area contributed by atoms with Crippen LogP contribution in [0.5, 0.6) is 0 Å². The van der Waals surface area contributed by atoms with Crippen LogP contribution in [-0.2, 0) is 0 Å². The minimum absolute atomic E-state index is 0.245. The molecule has 3 rings (SSSR count). The van der Waals surface area contributed by atoms with Gasteiger partial charge in [0, 0.05) is 11.6 Å². The molecule has 2 heterocycles. The van der Waals surface area contributed by atoms with E-state index in [-0.39, 0.29) is 5.41 Å². The molecule has 1 aliphatic heterocycles. The van der Waals surface area contributed by atoms with Gasteiger partial charge in [-0.2, -0.15) is 5.10 Å². The number of hydrogen-bond acceptors (Lipinski definition) is 2. The van der Waals surface area contributed by atoms with Crippen LogP contribution in [0.1, 0.15) is 26.1 Å². The third-order valence-corrected chi connectivity index (χ3v) is 3.51. The van der Waals surface area contributed by atoms with Gasteiger partial charge in [0.15, 0.2) is 5.82 Å². The molecule has 1 fully saturated rings. The number of rotatable bonds is 0. The Morgan fingerprint density at radius 1 is 1.36 bits per heavy atom. The van der Waals surface area contributed by atoms with Gasteiger partial charge in [-0.1, -0.05) is 26.0 Å². The van der Waals surface area contributed by atoms with Crippen molar-refractivity contribution in [2.75, 3.05) is 0 Å². The molecular weight excluding hydrogens is 174 g/mol. The molecule has 0 amide bonds. The van der Waals surface area contributed by atoms with Crippen molar-refractivity contribution in [3.8, 4) is 0 Å². The third kappa shape index (κ3) is 0.870. The third-order valence-electron chi connectivity index (χ3n) is 3.51. The molecule has 1 aromatic rings. The number of nitrogens with zero attached hydrogens (tertiary/aromatic N) is 3. The Labute approximate surface area is 83.2 Å². The highest BCUT2D eigenvalue weighted by atomic mass is 15.3. The Morgan fingerprint density at radius 2 is 2.14 bits per heavy atom. The van der Waals surface area contributed by atoms with Crippen molar-refractivity contribution < 1.29 is 0 Å². The van der Waals surface area contributed by atoms with E-state index in [1.165, 1.54) is 6.42 Å². The maximum absolute atomic E-state index is 4.17. The summed E-state index contributed by atoms with van der Waals surface area (Å²) in [5.41, 5.74) is 0.638. The van der Waals surface area contributed by atoms with Crippen LogP contribution in [0.4, 0.5) is 0 Å². The first-order valence-electron chi connectivity index (χ1n) is 4.91. The van der Waals surface area contributed by atoms with Crippen molar-refractivity contribution in [2.24, 2.45) is 10.8 Å². The normalized spacial score (nSPS) is 31.6. The van der Waals surface area contributed by atoms with Gasteiger partial charge in [0.05, 0.1) is 0 Å². The van der Waals surface area contributed by atoms with E-state index in [1.807, 2.05) is 10.9 Å². The van der Waals surface area contributed by atoms with Gasteiger partial charge in [-0.15, -0.1) is 0 Å². The fourth-order valence-corrected chi connectivity index (χ4v) is 2.23. The van der Waals surface area contributed by atoms with Gasteiger partial charge in [0.1, 0.15) is 6.33 Å². The maximum atomic E-state index is 4.17. The summed E-state index contributed by atoms with van der Waals surface area (Å²) in [6.07, 6.45) is 11.4. The topological polar surface area (TPSA) is 30.7 Å². The van der Waals surface area contributed by atoms with Crippen molar-refractivity contribution in [3.63, 3.8) is 0 Å². The van der Waals surface area contributed by atoms with Crippen LogP contribution in [0, 0.1) is 10.8 Å². The smallest absolute Gasteiger partial charge is 0.154 e. The zero-order chi connectivity index (χ0) is 9.81. The summed E-state index contributed by atoms with van der Waals surface area (Å²) >= 11 is 0. The Bertz CT molecular complexity index is 409. The fourth-order valence-electron chi connectivity index (χ4n) is 2.23. The van der Waals surface area contributed by atoms with Crippen LogP contribution in [-0.4, -0.2) is 14.8 Å². The van der Waals surface area contributed by atoms with E-state index >= 15 is 0 Å². The number of hydrogen-bond donors (Lipinski definition) is 0. The molecule has 0 saturated heterocycles. The maximum Gasteiger partial charge on any atom is 0.154 e. The molecule has 0 N–H and O–H groups in total. The number of aromatic nitrogens is 3.